The SMILES string of the molecule is CCNCCC(CC)Oc1ccc(Br)nc1. The molecule has 0 saturated heterocycles. The molecular weight excluding hydrogens is 268 g/mol. The van der Waals surface area contributed by atoms with Crippen molar-refractivity contribution in [2.24, 2.45) is 0 Å². The standard InChI is InChI=1S/C12H19BrN2O/c1-3-10(7-8-14-4-2)16-11-5-6-12(13)15-9-11/h5-6,9-10,14H,3-4,7-8H2,1-2H3. The van der Waals surface area contributed by atoms with Gasteiger partial charge in [0.05, 0.1) is 12.3 Å². The van der Waals surface area contributed by atoms with Gasteiger partial charge in [-0.05, 0) is 54.0 Å². The van der Waals surface area contributed by atoms with Crippen LogP contribution in [0.4, 0.5) is 0 Å². The third kappa shape index (κ3) is 4.94. The van der Waals surface area contributed by atoms with E-state index in [4.69, 9.17) is 4.74 Å². The number of hydrogen-bond acceptors (Lipinski definition) is 3. The molecular formula is C12H19BrN2O. The number of aromatic nitrogens is 1. The lowest BCUT2D eigenvalue weighted by molar-refractivity contribution is 0.185. The molecule has 1 aromatic heterocycles. The lowest BCUT2D eigenvalue weighted by Crippen LogP contribution is -2.23. The second-order valence-corrected chi connectivity index (χ2v) is 4.42. The fourth-order valence-corrected chi connectivity index (χ4v) is 1.65. The minimum atomic E-state index is 0.266. The van der Waals surface area contributed by atoms with E-state index in [1.807, 2.05) is 12.1 Å². The van der Waals surface area contributed by atoms with Gasteiger partial charge in [-0.3, -0.25) is 0 Å². The van der Waals surface area contributed by atoms with Crippen molar-refractivity contribution in [3.8, 4) is 5.75 Å². The normalized spacial score (nSPS) is 12.4. The third-order valence-electron chi connectivity index (χ3n) is 2.35. The Morgan fingerprint density at radius 1 is 1.44 bits per heavy atom. The Hall–Kier alpha value is -0.610. The molecule has 0 aliphatic rings. The molecule has 1 N–H and O–H groups in total. The van der Waals surface area contributed by atoms with Crippen LogP contribution in [0.1, 0.15) is 26.7 Å². The van der Waals surface area contributed by atoms with E-state index in [1.165, 1.54) is 0 Å². The first-order chi connectivity index (χ1) is 7.76. The van der Waals surface area contributed by atoms with Gasteiger partial charge in [0.2, 0.25) is 0 Å². The summed E-state index contributed by atoms with van der Waals surface area (Å²) < 4.78 is 6.68. The molecule has 1 aromatic rings. The average molecular weight is 287 g/mol. The number of nitrogens with one attached hydrogen (secondary N) is 1. The quantitative estimate of drug-likeness (QED) is 0.618. The Kier molecular flexibility index (Phi) is 6.42. The summed E-state index contributed by atoms with van der Waals surface area (Å²) in [5, 5.41) is 3.30. The van der Waals surface area contributed by atoms with Crippen molar-refractivity contribution in [3.63, 3.8) is 0 Å². The van der Waals surface area contributed by atoms with Crippen LogP contribution in [0.5, 0.6) is 5.75 Å². The molecule has 0 bridgehead atoms. The van der Waals surface area contributed by atoms with Crippen LogP contribution in [-0.4, -0.2) is 24.2 Å². The van der Waals surface area contributed by atoms with Crippen molar-refractivity contribution < 1.29 is 4.74 Å². The molecule has 90 valence electrons. The van der Waals surface area contributed by atoms with Crippen molar-refractivity contribution in [2.75, 3.05) is 13.1 Å². The largest absolute Gasteiger partial charge is 0.489 e. The van der Waals surface area contributed by atoms with Crippen LogP contribution >= 0.6 is 15.9 Å². The minimum Gasteiger partial charge on any atom is -0.489 e. The second kappa shape index (κ2) is 7.63. The molecule has 1 unspecified atom stereocenters. The Morgan fingerprint density at radius 2 is 2.25 bits per heavy atom. The van der Waals surface area contributed by atoms with Crippen LogP contribution in [0.25, 0.3) is 0 Å². The van der Waals surface area contributed by atoms with Gasteiger partial charge in [-0.1, -0.05) is 13.8 Å². The van der Waals surface area contributed by atoms with Gasteiger partial charge >= 0.3 is 0 Å². The summed E-state index contributed by atoms with van der Waals surface area (Å²) in [5.74, 6) is 0.839. The van der Waals surface area contributed by atoms with Crippen LogP contribution in [-0.2, 0) is 0 Å². The lowest BCUT2D eigenvalue weighted by Gasteiger charge is -2.17. The van der Waals surface area contributed by atoms with Gasteiger partial charge in [0, 0.05) is 0 Å². The number of nitrogens with zero attached hydrogens (tertiary/aromatic N) is 1. The number of ether oxygens (including phenoxy) is 1. The first-order valence-corrected chi connectivity index (χ1v) is 6.54. The van der Waals surface area contributed by atoms with E-state index in [0.717, 1.165) is 36.3 Å². The van der Waals surface area contributed by atoms with Crippen LogP contribution in [0.15, 0.2) is 22.9 Å². The molecule has 4 heteroatoms. The Labute approximate surface area is 106 Å². The van der Waals surface area contributed by atoms with Crippen molar-refractivity contribution in [1.29, 1.82) is 0 Å². The van der Waals surface area contributed by atoms with Crippen LogP contribution < -0.4 is 10.1 Å². The van der Waals surface area contributed by atoms with E-state index in [9.17, 15) is 0 Å². The summed E-state index contributed by atoms with van der Waals surface area (Å²) in [7, 11) is 0. The first-order valence-electron chi connectivity index (χ1n) is 5.75. The predicted octanol–water partition coefficient (Wildman–Crippen LogP) is 3.00. The summed E-state index contributed by atoms with van der Waals surface area (Å²) in [6, 6.07) is 3.83. The van der Waals surface area contributed by atoms with E-state index in [2.05, 4.69) is 40.1 Å². The molecule has 16 heavy (non-hydrogen) atoms. The zero-order valence-corrected chi connectivity index (χ0v) is 11.5. The maximum atomic E-state index is 5.84. The second-order valence-electron chi connectivity index (χ2n) is 3.61. The molecule has 0 fully saturated rings. The molecule has 0 aliphatic heterocycles. The highest BCUT2D eigenvalue weighted by atomic mass is 79.9. The molecule has 0 aromatic carbocycles. The highest BCUT2D eigenvalue weighted by Gasteiger charge is 2.07. The van der Waals surface area contributed by atoms with E-state index < -0.39 is 0 Å². The average Bonchev–Trinajstić information content (AvgIpc) is 2.31. The molecule has 1 heterocycles. The van der Waals surface area contributed by atoms with Crippen molar-refractivity contribution in [3.05, 3.63) is 22.9 Å². The predicted molar refractivity (Wildman–Crippen MR) is 69.8 cm³/mol. The number of hydrogen-bond donors (Lipinski definition) is 1. The fraction of sp³-hybridized carbons (Fsp3) is 0.583. The lowest BCUT2D eigenvalue weighted by atomic mass is 10.2. The molecule has 1 atom stereocenters. The molecule has 0 radical (unpaired) electrons. The smallest absolute Gasteiger partial charge is 0.138 e. The van der Waals surface area contributed by atoms with Crippen molar-refractivity contribution in [1.82, 2.24) is 10.3 Å². The van der Waals surface area contributed by atoms with Gasteiger partial charge < -0.3 is 10.1 Å². The molecule has 0 spiro atoms. The number of rotatable bonds is 7. The van der Waals surface area contributed by atoms with Gasteiger partial charge in [0.1, 0.15) is 10.4 Å². The maximum Gasteiger partial charge on any atom is 0.138 e. The highest BCUT2D eigenvalue weighted by molar-refractivity contribution is 9.10. The highest BCUT2D eigenvalue weighted by Crippen LogP contribution is 2.16. The summed E-state index contributed by atoms with van der Waals surface area (Å²) in [4.78, 5) is 4.14. The minimum absolute atomic E-state index is 0.266. The number of halogens is 1. The van der Waals surface area contributed by atoms with Gasteiger partial charge in [-0.2, -0.15) is 0 Å². The first kappa shape index (κ1) is 13.5. The monoisotopic (exact) mass is 286 g/mol. The Morgan fingerprint density at radius 3 is 2.81 bits per heavy atom. The third-order valence-corrected chi connectivity index (χ3v) is 2.82. The van der Waals surface area contributed by atoms with E-state index in [1.54, 1.807) is 6.20 Å². The summed E-state index contributed by atoms with van der Waals surface area (Å²) in [6.45, 7) is 6.26. The van der Waals surface area contributed by atoms with E-state index in [-0.39, 0.29) is 6.10 Å². The van der Waals surface area contributed by atoms with Crippen LogP contribution in [0, 0.1) is 0 Å². The summed E-state index contributed by atoms with van der Waals surface area (Å²) in [6.07, 6.45) is 4.06. The molecule has 0 aliphatic carbocycles. The molecule has 0 amide bonds. The van der Waals surface area contributed by atoms with Gasteiger partial charge in [-0.25, -0.2) is 4.98 Å². The van der Waals surface area contributed by atoms with Gasteiger partial charge in [0.15, 0.2) is 0 Å². The summed E-state index contributed by atoms with van der Waals surface area (Å²) in [5.41, 5.74) is 0. The maximum absolute atomic E-state index is 5.84. The zero-order chi connectivity index (χ0) is 11.8. The van der Waals surface area contributed by atoms with Crippen LogP contribution in [0.3, 0.4) is 0 Å². The van der Waals surface area contributed by atoms with Gasteiger partial charge in [0.25, 0.3) is 0 Å². The number of pyridine rings is 1. The zero-order valence-electron chi connectivity index (χ0n) is 9.87. The van der Waals surface area contributed by atoms with Crippen molar-refractivity contribution >= 4 is 15.9 Å². The van der Waals surface area contributed by atoms with E-state index in [0.29, 0.717) is 0 Å². The fourth-order valence-electron chi connectivity index (χ4n) is 1.41. The van der Waals surface area contributed by atoms with Crippen LogP contribution in [0.2, 0.25) is 0 Å². The summed E-state index contributed by atoms with van der Waals surface area (Å²) >= 11 is 3.30. The topological polar surface area (TPSA) is 34.1 Å². The molecule has 1 rings (SSSR count). The Balaban J connectivity index is 2.40. The van der Waals surface area contributed by atoms with Gasteiger partial charge in [-0.15, -0.1) is 0 Å². The molecule has 3 nitrogen and oxygen atoms in total. The molecule has 0 saturated carbocycles. The Bertz CT molecular complexity index is 290. The van der Waals surface area contributed by atoms with Crippen molar-refractivity contribution in [2.45, 2.75) is 32.8 Å². The van der Waals surface area contributed by atoms with E-state index >= 15 is 0 Å².